The van der Waals surface area contributed by atoms with Gasteiger partial charge in [0.15, 0.2) is 10.9 Å². The maximum Gasteiger partial charge on any atom is 0.191 e. The molecule has 25 heavy (non-hydrogen) atoms. The van der Waals surface area contributed by atoms with Crippen molar-refractivity contribution in [1.29, 1.82) is 0 Å². The third-order valence-corrected chi connectivity index (χ3v) is 4.84. The number of rotatable bonds is 5. The number of benzene rings is 2. The fourth-order valence-electron chi connectivity index (χ4n) is 2.23. The highest BCUT2D eigenvalue weighted by atomic mass is 79.9. The molecule has 1 heterocycles. The summed E-state index contributed by atoms with van der Waals surface area (Å²) in [5.41, 5.74) is 14.1. The third kappa shape index (κ3) is 4.58. The third-order valence-electron chi connectivity index (χ3n) is 3.46. The lowest BCUT2D eigenvalue weighted by Crippen LogP contribution is -2.04. The highest BCUT2D eigenvalue weighted by Gasteiger charge is 2.09. The van der Waals surface area contributed by atoms with E-state index >= 15 is 0 Å². The van der Waals surface area contributed by atoms with Crippen LogP contribution in [-0.2, 0) is 0 Å². The Morgan fingerprint density at radius 3 is 2.00 bits per heavy atom. The van der Waals surface area contributed by atoms with Crippen molar-refractivity contribution in [2.75, 3.05) is 17.2 Å². The van der Waals surface area contributed by atoms with Crippen LogP contribution in [0, 0.1) is 0 Å². The summed E-state index contributed by atoms with van der Waals surface area (Å²) in [6, 6.07) is 17.0. The molecule has 4 N–H and O–H groups in total. The highest BCUT2D eigenvalue weighted by Crippen LogP contribution is 2.23. The molecule has 0 radical (unpaired) electrons. The van der Waals surface area contributed by atoms with Crippen LogP contribution in [0.25, 0.3) is 11.1 Å². The lowest BCUT2D eigenvalue weighted by atomic mass is 10.0. The molecule has 0 saturated carbocycles. The molecular weight excluding hydrogens is 400 g/mol. The summed E-state index contributed by atoms with van der Waals surface area (Å²) in [5.74, 6) is 0.806. The fourth-order valence-corrected chi connectivity index (χ4v) is 3.26. The minimum Gasteiger partial charge on any atom is -0.383 e. The van der Waals surface area contributed by atoms with Gasteiger partial charge >= 0.3 is 0 Å². The lowest BCUT2D eigenvalue weighted by molar-refractivity contribution is 0.102. The van der Waals surface area contributed by atoms with Crippen LogP contribution in [0.15, 0.2) is 64.2 Å². The molecule has 0 fully saturated rings. The number of anilines is 2. The number of halogens is 1. The Kier molecular flexibility index (Phi) is 5.35. The molecule has 1 aromatic heterocycles. The normalized spacial score (nSPS) is 10.6. The molecule has 0 unspecified atom stereocenters. The molecule has 0 bridgehead atoms. The Labute approximate surface area is 158 Å². The summed E-state index contributed by atoms with van der Waals surface area (Å²) < 4.78 is 1.03. The Hall–Kier alpha value is -2.38. The molecule has 0 aliphatic heterocycles. The van der Waals surface area contributed by atoms with E-state index < -0.39 is 0 Å². The van der Waals surface area contributed by atoms with Crippen LogP contribution in [0.2, 0.25) is 0 Å². The van der Waals surface area contributed by atoms with E-state index in [2.05, 4.69) is 25.9 Å². The van der Waals surface area contributed by atoms with Gasteiger partial charge in [0.1, 0.15) is 11.6 Å². The number of thioether (sulfide) groups is 1. The van der Waals surface area contributed by atoms with Crippen LogP contribution in [0.4, 0.5) is 11.6 Å². The molecule has 0 amide bonds. The van der Waals surface area contributed by atoms with E-state index in [0.717, 1.165) is 15.6 Å². The summed E-state index contributed by atoms with van der Waals surface area (Å²) in [4.78, 5) is 20.4. The number of nitrogen functional groups attached to an aromatic ring is 2. The summed E-state index contributed by atoms with van der Waals surface area (Å²) in [5, 5.41) is 0.400. The topological polar surface area (TPSA) is 94.9 Å². The predicted molar refractivity (Wildman–Crippen MR) is 105 cm³/mol. The van der Waals surface area contributed by atoms with E-state index in [0.29, 0.717) is 22.4 Å². The van der Waals surface area contributed by atoms with E-state index in [4.69, 9.17) is 11.5 Å². The molecule has 0 spiro atoms. The summed E-state index contributed by atoms with van der Waals surface area (Å²) >= 11 is 4.64. The van der Waals surface area contributed by atoms with E-state index in [1.807, 2.05) is 48.5 Å². The SMILES string of the molecule is Nc1cc(N)nc(SCC(=O)c2ccc(-c3ccc(Br)cc3)cc2)n1. The first-order valence-corrected chi connectivity index (χ1v) is 9.21. The molecule has 0 aliphatic carbocycles. The second-order valence-corrected chi connectivity index (χ2v) is 7.15. The molecule has 7 heteroatoms. The van der Waals surface area contributed by atoms with Crippen LogP contribution in [-0.4, -0.2) is 21.5 Å². The maximum atomic E-state index is 12.3. The number of hydrogen-bond acceptors (Lipinski definition) is 6. The molecule has 5 nitrogen and oxygen atoms in total. The van der Waals surface area contributed by atoms with Crippen molar-refractivity contribution >= 4 is 45.1 Å². The largest absolute Gasteiger partial charge is 0.383 e. The van der Waals surface area contributed by atoms with Gasteiger partial charge in [-0.2, -0.15) is 0 Å². The van der Waals surface area contributed by atoms with Gasteiger partial charge in [-0.15, -0.1) is 0 Å². The van der Waals surface area contributed by atoms with Crippen molar-refractivity contribution in [2.24, 2.45) is 0 Å². The molecule has 0 saturated heterocycles. The van der Waals surface area contributed by atoms with E-state index in [9.17, 15) is 4.79 Å². The quantitative estimate of drug-likeness (QED) is 0.371. The van der Waals surface area contributed by atoms with Crippen LogP contribution in [0.1, 0.15) is 10.4 Å². The maximum absolute atomic E-state index is 12.3. The minimum atomic E-state index is -0.00282. The monoisotopic (exact) mass is 414 g/mol. The van der Waals surface area contributed by atoms with Crippen molar-refractivity contribution in [2.45, 2.75) is 5.16 Å². The average Bonchev–Trinajstić information content (AvgIpc) is 2.60. The second kappa shape index (κ2) is 7.67. The highest BCUT2D eigenvalue weighted by molar-refractivity contribution is 9.10. The van der Waals surface area contributed by atoms with Gasteiger partial charge in [0.25, 0.3) is 0 Å². The van der Waals surface area contributed by atoms with Crippen molar-refractivity contribution in [1.82, 2.24) is 9.97 Å². The van der Waals surface area contributed by atoms with E-state index in [1.54, 1.807) is 0 Å². The molecular formula is C18H15BrN4OS. The number of hydrogen-bond donors (Lipinski definition) is 2. The first-order valence-electron chi connectivity index (χ1n) is 7.43. The number of aromatic nitrogens is 2. The first kappa shape index (κ1) is 17.4. The van der Waals surface area contributed by atoms with Gasteiger partial charge in [0, 0.05) is 16.1 Å². The van der Waals surface area contributed by atoms with Gasteiger partial charge in [-0.1, -0.05) is 64.1 Å². The van der Waals surface area contributed by atoms with E-state index in [1.165, 1.54) is 17.8 Å². The molecule has 0 atom stereocenters. The smallest absolute Gasteiger partial charge is 0.191 e. The first-order chi connectivity index (χ1) is 12.0. The van der Waals surface area contributed by atoms with Crippen molar-refractivity contribution in [3.05, 3.63) is 64.6 Å². The molecule has 3 aromatic rings. The molecule has 126 valence electrons. The minimum absolute atomic E-state index is 0.00282. The zero-order valence-corrected chi connectivity index (χ0v) is 15.5. The van der Waals surface area contributed by atoms with Crippen molar-refractivity contribution < 1.29 is 4.79 Å². The number of Topliss-reactive ketones (excluding diaryl/α,β-unsaturated/α-hetero) is 1. The van der Waals surface area contributed by atoms with Crippen molar-refractivity contribution in [3.63, 3.8) is 0 Å². The second-order valence-electron chi connectivity index (χ2n) is 5.30. The van der Waals surface area contributed by atoms with Gasteiger partial charge in [0.2, 0.25) is 0 Å². The van der Waals surface area contributed by atoms with Crippen LogP contribution in [0.5, 0.6) is 0 Å². The number of nitrogens with zero attached hydrogens (tertiary/aromatic N) is 2. The van der Waals surface area contributed by atoms with E-state index in [-0.39, 0.29) is 11.5 Å². The Bertz CT molecular complexity index is 878. The van der Waals surface area contributed by atoms with Crippen LogP contribution in [0.3, 0.4) is 0 Å². The number of carbonyl (C=O) groups excluding carboxylic acids is 1. The average molecular weight is 415 g/mol. The van der Waals surface area contributed by atoms with Gasteiger partial charge < -0.3 is 11.5 Å². The van der Waals surface area contributed by atoms with Gasteiger partial charge in [-0.3, -0.25) is 4.79 Å². The summed E-state index contributed by atoms with van der Waals surface area (Å²) in [7, 11) is 0. The van der Waals surface area contributed by atoms with Crippen LogP contribution < -0.4 is 11.5 Å². The number of nitrogens with two attached hydrogens (primary N) is 2. The van der Waals surface area contributed by atoms with Gasteiger partial charge in [-0.25, -0.2) is 9.97 Å². The van der Waals surface area contributed by atoms with Crippen LogP contribution >= 0.6 is 27.7 Å². The molecule has 3 rings (SSSR count). The zero-order valence-electron chi connectivity index (χ0n) is 13.1. The predicted octanol–water partition coefficient (Wildman–Crippen LogP) is 4.05. The lowest BCUT2D eigenvalue weighted by Gasteiger charge is -2.05. The number of ketones is 1. The zero-order chi connectivity index (χ0) is 17.8. The summed E-state index contributed by atoms with van der Waals surface area (Å²) in [6.45, 7) is 0. The fraction of sp³-hybridized carbons (Fsp3) is 0.0556. The van der Waals surface area contributed by atoms with Gasteiger partial charge in [-0.05, 0) is 23.3 Å². The van der Waals surface area contributed by atoms with Crippen molar-refractivity contribution in [3.8, 4) is 11.1 Å². The Morgan fingerprint density at radius 2 is 1.44 bits per heavy atom. The standard InChI is InChI=1S/C18H15BrN4OS/c19-14-7-5-12(6-8-14)11-1-3-13(4-2-11)15(24)10-25-18-22-16(20)9-17(21)23-18/h1-9H,10H2,(H4,20,21,22,23). The molecule has 0 aliphatic rings. The Morgan fingerprint density at radius 1 is 0.920 bits per heavy atom. The van der Waals surface area contributed by atoms with Gasteiger partial charge in [0.05, 0.1) is 5.75 Å². The summed E-state index contributed by atoms with van der Waals surface area (Å²) in [6.07, 6.45) is 0. The number of carbonyl (C=O) groups is 1. The Balaban J connectivity index is 1.67. The molecule has 2 aromatic carbocycles.